The molecule has 0 aliphatic heterocycles. The van der Waals surface area contributed by atoms with Crippen LogP contribution in [-0.4, -0.2) is 14.5 Å². The van der Waals surface area contributed by atoms with Crippen LogP contribution < -0.4 is 0 Å². The van der Waals surface area contributed by atoms with E-state index in [1.807, 2.05) is 12.1 Å². The molecular formula is C50H31N3O. The fraction of sp³-hybridized carbons (Fsp3) is 0. The highest BCUT2D eigenvalue weighted by molar-refractivity contribution is 6.14. The number of aromatic nitrogens is 3. The van der Waals surface area contributed by atoms with E-state index in [1.54, 1.807) is 6.20 Å². The molecule has 0 spiro atoms. The average molecular weight is 690 g/mol. The van der Waals surface area contributed by atoms with Gasteiger partial charge in [-0.3, -0.25) is 0 Å². The number of rotatable bonds is 5. The van der Waals surface area contributed by atoms with E-state index < -0.39 is 0 Å². The van der Waals surface area contributed by atoms with Crippen molar-refractivity contribution >= 4 is 54.8 Å². The van der Waals surface area contributed by atoms with E-state index in [0.717, 1.165) is 77.7 Å². The maximum Gasteiger partial charge on any atom is 0.160 e. The van der Waals surface area contributed by atoms with Crippen LogP contribution in [0.1, 0.15) is 0 Å². The lowest BCUT2D eigenvalue weighted by Crippen LogP contribution is -1.92. The Hall–Kier alpha value is -7.30. The third-order valence-corrected chi connectivity index (χ3v) is 10.7. The molecule has 0 fully saturated rings. The second-order valence-corrected chi connectivity index (χ2v) is 13.8. The first-order valence-electron chi connectivity index (χ1n) is 18.2. The molecule has 4 heterocycles. The van der Waals surface area contributed by atoms with Gasteiger partial charge >= 0.3 is 0 Å². The average Bonchev–Trinajstić information content (AvgIpc) is 3.79. The van der Waals surface area contributed by atoms with Gasteiger partial charge in [0.25, 0.3) is 0 Å². The Morgan fingerprint density at radius 2 is 1.07 bits per heavy atom. The minimum atomic E-state index is 0.740. The molecule has 4 heteroatoms. The van der Waals surface area contributed by atoms with Crippen LogP contribution >= 0.6 is 0 Å². The van der Waals surface area contributed by atoms with E-state index in [2.05, 4.69) is 179 Å². The van der Waals surface area contributed by atoms with Gasteiger partial charge in [0, 0.05) is 44.4 Å². The lowest BCUT2D eigenvalue weighted by Gasteiger charge is -2.11. The quantitative estimate of drug-likeness (QED) is 0.181. The molecule has 11 aromatic rings. The van der Waals surface area contributed by atoms with Gasteiger partial charge in [0.1, 0.15) is 11.2 Å². The van der Waals surface area contributed by atoms with Gasteiger partial charge in [-0.05, 0) is 100 Å². The monoisotopic (exact) mass is 689 g/mol. The van der Waals surface area contributed by atoms with Crippen LogP contribution in [-0.2, 0) is 0 Å². The van der Waals surface area contributed by atoms with Crippen LogP contribution in [0, 0.1) is 0 Å². The molecule has 0 atom stereocenters. The summed E-state index contributed by atoms with van der Waals surface area (Å²) in [4.78, 5) is 9.60. The van der Waals surface area contributed by atoms with Gasteiger partial charge in [-0.2, -0.15) is 0 Å². The smallest absolute Gasteiger partial charge is 0.160 e. The van der Waals surface area contributed by atoms with Gasteiger partial charge in [0.2, 0.25) is 0 Å². The molecule has 4 aromatic heterocycles. The predicted octanol–water partition coefficient (Wildman–Crippen LogP) is 13.3. The zero-order valence-corrected chi connectivity index (χ0v) is 29.1. The van der Waals surface area contributed by atoms with Crippen molar-refractivity contribution in [3.8, 4) is 50.3 Å². The molecule has 4 nitrogen and oxygen atoms in total. The van der Waals surface area contributed by atoms with Crippen molar-refractivity contribution in [2.24, 2.45) is 0 Å². The summed E-state index contributed by atoms with van der Waals surface area (Å²) in [5.41, 5.74) is 14.8. The standard InChI is InChI=1S/C50H31N3O/c1-3-11-32(12-4-1)41-31-44(52-50-40(41)17-10-28-51-50)34-22-20-33(21-23-34)38-16-9-19-48-49(38)43-30-36(25-27-47(43)54-48)35-24-26-46-42(29-35)39-15-7-8-18-45(39)53(46)37-13-5-2-6-14-37/h1-31H. The molecule has 252 valence electrons. The fourth-order valence-corrected chi connectivity index (χ4v) is 8.14. The van der Waals surface area contributed by atoms with Crippen molar-refractivity contribution in [3.63, 3.8) is 0 Å². The van der Waals surface area contributed by atoms with Crippen molar-refractivity contribution in [2.45, 2.75) is 0 Å². The SMILES string of the molecule is c1ccc(-c2cc(-c3ccc(-c4cccc5oc6ccc(-c7ccc8c(c7)c7ccccc7n8-c7ccccc7)cc6c45)cc3)nc3ncccc23)cc1. The molecule has 0 aliphatic rings. The summed E-state index contributed by atoms with van der Waals surface area (Å²) in [5.74, 6) is 0. The topological polar surface area (TPSA) is 43.9 Å². The molecule has 0 unspecified atom stereocenters. The Morgan fingerprint density at radius 3 is 1.93 bits per heavy atom. The van der Waals surface area contributed by atoms with Gasteiger partial charge in [-0.15, -0.1) is 0 Å². The number of fused-ring (bicyclic) bond motifs is 7. The van der Waals surface area contributed by atoms with Crippen LogP contribution in [0.3, 0.4) is 0 Å². The summed E-state index contributed by atoms with van der Waals surface area (Å²) in [6.07, 6.45) is 1.81. The van der Waals surface area contributed by atoms with Gasteiger partial charge in [-0.1, -0.05) is 115 Å². The number of benzene rings is 7. The molecule has 0 N–H and O–H groups in total. The van der Waals surface area contributed by atoms with Gasteiger partial charge in [-0.25, -0.2) is 9.97 Å². The van der Waals surface area contributed by atoms with E-state index in [9.17, 15) is 0 Å². The Bertz CT molecular complexity index is 3200. The lowest BCUT2D eigenvalue weighted by molar-refractivity contribution is 0.669. The fourth-order valence-electron chi connectivity index (χ4n) is 8.14. The van der Waals surface area contributed by atoms with Crippen molar-refractivity contribution in [2.75, 3.05) is 0 Å². The van der Waals surface area contributed by atoms with Gasteiger partial charge in [0.15, 0.2) is 5.65 Å². The van der Waals surface area contributed by atoms with Crippen molar-refractivity contribution in [1.82, 2.24) is 14.5 Å². The largest absolute Gasteiger partial charge is 0.456 e. The summed E-state index contributed by atoms with van der Waals surface area (Å²) in [5, 5.41) is 5.73. The Labute approximate surface area is 311 Å². The number of hydrogen-bond donors (Lipinski definition) is 0. The van der Waals surface area contributed by atoms with Crippen molar-refractivity contribution < 1.29 is 4.42 Å². The molecule has 11 rings (SSSR count). The van der Waals surface area contributed by atoms with Crippen molar-refractivity contribution in [1.29, 1.82) is 0 Å². The second kappa shape index (κ2) is 12.1. The van der Waals surface area contributed by atoms with E-state index >= 15 is 0 Å². The van der Waals surface area contributed by atoms with Gasteiger partial charge in [0.05, 0.1) is 16.7 Å². The summed E-state index contributed by atoms with van der Waals surface area (Å²) in [6.45, 7) is 0. The Morgan fingerprint density at radius 1 is 0.407 bits per heavy atom. The molecule has 0 saturated heterocycles. The first-order valence-corrected chi connectivity index (χ1v) is 18.2. The van der Waals surface area contributed by atoms with E-state index in [0.29, 0.717) is 0 Å². The normalized spacial score (nSPS) is 11.7. The highest BCUT2D eigenvalue weighted by Gasteiger charge is 2.17. The summed E-state index contributed by atoms with van der Waals surface area (Å²) < 4.78 is 8.81. The maximum absolute atomic E-state index is 6.45. The number of nitrogens with zero attached hydrogens (tertiary/aromatic N) is 3. The summed E-state index contributed by atoms with van der Waals surface area (Å²) in [7, 11) is 0. The molecule has 7 aromatic carbocycles. The number of furan rings is 1. The first-order chi connectivity index (χ1) is 26.8. The Kier molecular flexibility index (Phi) is 6.82. The van der Waals surface area contributed by atoms with Crippen LogP contribution in [0.15, 0.2) is 193 Å². The molecular weight excluding hydrogens is 659 g/mol. The van der Waals surface area contributed by atoms with E-state index in [4.69, 9.17) is 9.40 Å². The zero-order chi connectivity index (χ0) is 35.6. The highest BCUT2D eigenvalue weighted by Crippen LogP contribution is 2.41. The van der Waals surface area contributed by atoms with Crippen LogP contribution in [0.5, 0.6) is 0 Å². The minimum absolute atomic E-state index is 0.740. The molecule has 54 heavy (non-hydrogen) atoms. The van der Waals surface area contributed by atoms with Crippen LogP contribution in [0.4, 0.5) is 0 Å². The van der Waals surface area contributed by atoms with Crippen molar-refractivity contribution in [3.05, 3.63) is 188 Å². The number of hydrogen-bond acceptors (Lipinski definition) is 3. The molecule has 0 aliphatic carbocycles. The third-order valence-electron chi connectivity index (χ3n) is 10.7. The molecule has 0 amide bonds. The highest BCUT2D eigenvalue weighted by atomic mass is 16.3. The molecule has 0 radical (unpaired) electrons. The van der Waals surface area contributed by atoms with Gasteiger partial charge < -0.3 is 8.98 Å². The second-order valence-electron chi connectivity index (χ2n) is 13.8. The number of pyridine rings is 2. The minimum Gasteiger partial charge on any atom is -0.456 e. The number of para-hydroxylation sites is 2. The van der Waals surface area contributed by atoms with Crippen LogP contribution in [0.25, 0.3) is 105 Å². The molecule has 0 bridgehead atoms. The first kappa shape index (κ1) is 30.3. The Balaban J connectivity index is 1.01. The van der Waals surface area contributed by atoms with Crippen LogP contribution in [0.2, 0.25) is 0 Å². The van der Waals surface area contributed by atoms with E-state index in [-0.39, 0.29) is 0 Å². The predicted molar refractivity (Wildman–Crippen MR) is 223 cm³/mol. The maximum atomic E-state index is 6.45. The third kappa shape index (κ3) is 4.85. The lowest BCUT2D eigenvalue weighted by atomic mass is 9.95. The summed E-state index contributed by atoms with van der Waals surface area (Å²) in [6, 6.07) is 64.4. The summed E-state index contributed by atoms with van der Waals surface area (Å²) >= 11 is 0. The molecule has 0 saturated carbocycles. The van der Waals surface area contributed by atoms with E-state index in [1.165, 1.54) is 27.4 Å². The zero-order valence-electron chi connectivity index (χ0n) is 29.1.